The van der Waals surface area contributed by atoms with Crippen LogP contribution >= 0.6 is 0 Å². The second-order valence-corrected chi connectivity index (χ2v) is 0.611. The van der Waals surface area contributed by atoms with Gasteiger partial charge in [-0.05, 0) is 0 Å². The molecule has 2 N–H and O–H groups in total. The van der Waals surface area contributed by atoms with Gasteiger partial charge in [-0.15, -0.1) is 0 Å². The van der Waals surface area contributed by atoms with E-state index in [0.717, 1.165) is 0 Å². The van der Waals surface area contributed by atoms with Crippen LogP contribution in [0.3, 0.4) is 0 Å². The van der Waals surface area contributed by atoms with Crippen molar-refractivity contribution in [1.29, 1.82) is 0 Å². The molecule has 0 unspecified atom stereocenters. The summed E-state index contributed by atoms with van der Waals surface area (Å²) in [5, 5.41) is 0. The number of hydrogen-bond donors (Lipinski definition) is 1. The van der Waals surface area contributed by atoms with Crippen LogP contribution in [-0.4, -0.2) is 5.91 Å². The van der Waals surface area contributed by atoms with E-state index in [1.807, 2.05) is 0 Å². The van der Waals surface area contributed by atoms with Crippen molar-refractivity contribution < 1.29 is 23.7 Å². The summed E-state index contributed by atoms with van der Waals surface area (Å²) < 4.78 is 0. The topological polar surface area (TPSA) is 43.1 Å². The Morgan fingerprint density at radius 3 is 1.80 bits per heavy atom. The van der Waals surface area contributed by atoms with Crippen LogP contribution < -0.4 is 24.6 Å². The van der Waals surface area contributed by atoms with Crippen molar-refractivity contribution in [2.75, 3.05) is 0 Å². The van der Waals surface area contributed by atoms with Crippen LogP contribution in [0.2, 0.25) is 0 Å². The monoisotopic (exact) mass is 66.1 g/mol. The van der Waals surface area contributed by atoms with Crippen molar-refractivity contribution in [3.8, 4) is 0 Å². The fourth-order valence-electron chi connectivity index (χ4n) is 0. The van der Waals surface area contributed by atoms with Crippen molar-refractivity contribution in [3.05, 3.63) is 0 Å². The Morgan fingerprint density at radius 2 is 1.80 bits per heavy atom. The van der Waals surface area contributed by atoms with Gasteiger partial charge in [-0.2, -0.15) is 0 Å². The summed E-state index contributed by atoms with van der Waals surface area (Å²) in [6.45, 7) is 1.31. The minimum Gasteiger partial charge on any atom is -0.370 e. The van der Waals surface area contributed by atoms with Crippen molar-refractivity contribution >= 4 is 5.91 Å². The van der Waals surface area contributed by atoms with E-state index in [0.29, 0.717) is 0 Å². The van der Waals surface area contributed by atoms with Crippen LogP contribution in [0.5, 0.6) is 0 Å². The summed E-state index contributed by atoms with van der Waals surface area (Å²) in [7, 11) is 0. The predicted octanol–water partition coefficient (Wildman–Crippen LogP) is -3.50. The summed E-state index contributed by atoms with van der Waals surface area (Å²) >= 11 is 0. The van der Waals surface area contributed by atoms with Crippen LogP contribution in [0.1, 0.15) is 6.92 Å². The normalized spacial score (nSPS) is 5.00. The molecule has 0 atom stereocenters. The Labute approximate surface area is 42.9 Å². The van der Waals surface area contributed by atoms with Crippen LogP contribution in [0, 0.1) is 0 Å². The van der Waals surface area contributed by atoms with Gasteiger partial charge in [0.25, 0.3) is 0 Å². The SMILES string of the molecule is CC(N)=O.[Li+]. The average molecular weight is 66.0 g/mol. The zero-order valence-corrected chi connectivity index (χ0v) is 3.49. The Morgan fingerprint density at radius 1 is 1.80 bits per heavy atom. The number of carbonyl (C=O) groups excluding carboxylic acids is 1. The average Bonchev–Trinajstić information content (AvgIpc) is 0.811. The van der Waals surface area contributed by atoms with Crippen LogP contribution in [-0.2, 0) is 4.79 Å². The summed E-state index contributed by atoms with van der Waals surface area (Å²) in [6, 6.07) is 0. The van der Waals surface area contributed by atoms with Crippen LogP contribution in [0.25, 0.3) is 0 Å². The first-order chi connectivity index (χ1) is 1.73. The summed E-state index contributed by atoms with van der Waals surface area (Å²) in [5.41, 5.74) is 4.47. The number of rotatable bonds is 0. The standard InChI is InChI=1S/C2H5NO.Li/c1-2(3)4;/h1H3,(H2,3,4);/q;+1. The number of amides is 1. The fourth-order valence-corrected chi connectivity index (χ4v) is 0. The van der Waals surface area contributed by atoms with Gasteiger partial charge >= 0.3 is 18.9 Å². The number of nitrogens with two attached hydrogens (primary N) is 1. The zero-order valence-electron chi connectivity index (χ0n) is 3.49. The van der Waals surface area contributed by atoms with Crippen molar-refractivity contribution in [3.63, 3.8) is 0 Å². The molecule has 0 bridgehead atoms. The Kier molecular flexibility index (Phi) is 7.25. The Bertz CT molecular complexity index is 32.6. The summed E-state index contributed by atoms with van der Waals surface area (Å²) in [6.07, 6.45) is 0. The van der Waals surface area contributed by atoms with Crippen molar-refractivity contribution in [2.45, 2.75) is 6.92 Å². The van der Waals surface area contributed by atoms with Gasteiger partial charge in [-0.25, -0.2) is 0 Å². The van der Waals surface area contributed by atoms with E-state index < -0.39 is 0 Å². The molecule has 1 amide bonds. The molecule has 0 aromatic carbocycles. The third-order valence-corrected chi connectivity index (χ3v) is 0. The third kappa shape index (κ3) is 3830. The van der Waals surface area contributed by atoms with E-state index in [1.165, 1.54) is 6.92 Å². The molecule has 0 saturated carbocycles. The molecule has 3 heteroatoms. The quantitative estimate of drug-likeness (QED) is 0.293. The van der Waals surface area contributed by atoms with Gasteiger partial charge in [0, 0.05) is 6.92 Å². The Hall–Kier alpha value is 0.0674. The number of hydrogen-bond acceptors (Lipinski definition) is 1. The molecule has 0 aromatic heterocycles. The molecule has 2 nitrogen and oxygen atoms in total. The molecule has 5 heavy (non-hydrogen) atoms. The minimum absolute atomic E-state index is 0. The molecule has 0 aliphatic carbocycles. The third-order valence-electron chi connectivity index (χ3n) is 0. The largest absolute Gasteiger partial charge is 1.00 e. The molecule has 0 aromatic rings. The molecule has 24 valence electrons. The van der Waals surface area contributed by atoms with Crippen molar-refractivity contribution in [2.24, 2.45) is 5.73 Å². The molecule has 0 rings (SSSR count). The predicted molar refractivity (Wildman–Crippen MR) is 14.9 cm³/mol. The molecule has 0 aliphatic heterocycles. The van der Waals surface area contributed by atoms with E-state index >= 15 is 0 Å². The van der Waals surface area contributed by atoms with E-state index in [9.17, 15) is 4.79 Å². The van der Waals surface area contributed by atoms with E-state index in [4.69, 9.17) is 0 Å². The van der Waals surface area contributed by atoms with E-state index in [1.54, 1.807) is 0 Å². The van der Waals surface area contributed by atoms with Gasteiger partial charge in [-0.3, -0.25) is 4.79 Å². The smallest absolute Gasteiger partial charge is 0.370 e. The summed E-state index contributed by atoms with van der Waals surface area (Å²) in [5.74, 6) is -0.333. The van der Waals surface area contributed by atoms with Gasteiger partial charge in [0.2, 0.25) is 5.91 Å². The first kappa shape index (κ1) is 8.91. The second-order valence-electron chi connectivity index (χ2n) is 0.611. The maximum Gasteiger partial charge on any atom is 1.00 e. The zero-order chi connectivity index (χ0) is 3.58. The maximum absolute atomic E-state index is 9.22. The molecule has 0 saturated heterocycles. The summed E-state index contributed by atoms with van der Waals surface area (Å²) in [4.78, 5) is 9.22. The van der Waals surface area contributed by atoms with Gasteiger partial charge < -0.3 is 5.73 Å². The van der Waals surface area contributed by atoms with Crippen molar-refractivity contribution in [1.82, 2.24) is 0 Å². The first-order valence-electron chi connectivity index (χ1n) is 0.993. The van der Waals surface area contributed by atoms with Gasteiger partial charge in [0.05, 0.1) is 0 Å². The molecule has 0 fully saturated rings. The number of primary amides is 1. The molecule has 0 heterocycles. The molecular formula is C2H5LiNO+. The molecular weight excluding hydrogens is 61.0 g/mol. The molecule has 0 spiro atoms. The maximum atomic E-state index is 9.22. The second kappa shape index (κ2) is 4.07. The molecule has 0 aliphatic rings. The van der Waals surface area contributed by atoms with Gasteiger partial charge in [0.15, 0.2) is 0 Å². The van der Waals surface area contributed by atoms with Gasteiger partial charge in [0.1, 0.15) is 0 Å². The van der Waals surface area contributed by atoms with Crippen LogP contribution in [0.4, 0.5) is 0 Å². The molecule has 0 radical (unpaired) electrons. The minimum atomic E-state index is -0.333. The fraction of sp³-hybridized carbons (Fsp3) is 0.500. The van der Waals surface area contributed by atoms with E-state index in [2.05, 4.69) is 5.73 Å². The number of carbonyl (C=O) groups is 1. The van der Waals surface area contributed by atoms with E-state index in [-0.39, 0.29) is 24.8 Å². The van der Waals surface area contributed by atoms with Crippen LogP contribution in [0.15, 0.2) is 0 Å². The van der Waals surface area contributed by atoms with Gasteiger partial charge in [-0.1, -0.05) is 0 Å². The first-order valence-corrected chi connectivity index (χ1v) is 0.993. The Balaban J connectivity index is 0.